The predicted octanol–water partition coefficient (Wildman–Crippen LogP) is -1.92. The second kappa shape index (κ2) is 10.7. The van der Waals surface area contributed by atoms with Crippen molar-refractivity contribution in [2.75, 3.05) is 18.6 Å². The minimum Gasteiger partial charge on any atom is -0.480 e. The summed E-state index contributed by atoms with van der Waals surface area (Å²) in [5.41, 5.74) is 6.37. The lowest BCUT2D eigenvalue weighted by atomic mass is 10.1. The molecule has 3 atom stereocenters. The Hall–Kier alpha value is -2.11. The van der Waals surface area contributed by atoms with Gasteiger partial charge in [0.1, 0.15) is 12.1 Å². The zero-order chi connectivity index (χ0) is 18.8. The smallest absolute Gasteiger partial charge is 0.328 e. The van der Waals surface area contributed by atoms with Crippen molar-refractivity contribution in [2.24, 2.45) is 5.73 Å². The van der Waals surface area contributed by atoms with E-state index in [0.29, 0.717) is 17.9 Å². The highest BCUT2D eigenvalue weighted by atomic mass is 32.2. The number of carbonyl (C=O) groups excluding carboxylic acids is 2. The van der Waals surface area contributed by atoms with E-state index < -0.39 is 42.5 Å². The molecule has 0 fully saturated rings. The molecule has 1 aromatic heterocycles. The zero-order valence-corrected chi connectivity index (χ0v) is 14.6. The fourth-order valence-corrected chi connectivity index (χ4v) is 2.43. The third-order valence-corrected chi connectivity index (χ3v) is 4.02. The predicted molar refractivity (Wildman–Crippen MR) is 91.8 cm³/mol. The summed E-state index contributed by atoms with van der Waals surface area (Å²) in [7, 11) is 0. The van der Waals surface area contributed by atoms with Gasteiger partial charge in [-0.15, -0.1) is 0 Å². The summed E-state index contributed by atoms with van der Waals surface area (Å²) in [6.45, 7) is -0.765. The molecular weight excluding hydrogens is 350 g/mol. The highest BCUT2D eigenvalue weighted by Crippen LogP contribution is 2.03. The zero-order valence-electron chi connectivity index (χ0n) is 13.8. The average molecular weight is 373 g/mol. The van der Waals surface area contributed by atoms with Gasteiger partial charge in [0.2, 0.25) is 11.8 Å². The second-order valence-corrected chi connectivity index (χ2v) is 6.30. The number of aliphatic hydroxyl groups excluding tert-OH is 1. The Morgan fingerprint density at radius 2 is 2.00 bits per heavy atom. The van der Waals surface area contributed by atoms with Crippen LogP contribution in [0.25, 0.3) is 0 Å². The van der Waals surface area contributed by atoms with Gasteiger partial charge in [0, 0.05) is 18.3 Å². The van der Waals surface area contributed by atoms with Crippen LogP contribution in [-0.2, 0) is 20.8 Å². The van der Waals surface area contributed by atoms with E-state index in [1.807, 2.05) is 6.26 Å². The topological polar surface area (TPSA) is 170 Å². The van der Waals surface area contributed by atoms with Gasteiger partial charge in [0.25, 0.3) is 0 Å². The van der Waals surface area contributed by atoms with E-state index in [4.69, 9.17) is 15.9 Å². The third-order valence-electron chi connectivity index (χ3n) is 3.38. The lowest BCUT2D eigenvalue weighted by Crippen LogP contribution is -2.56. The van der Waals surface area contributed by atoms with E-state index in [0.717, 1.165) is 0 Å². The molecular formula is C14H23N5O5S. The Labute approximate surface area is 149 Å². The van der Waals surface area contributed by atoms with Crippen molar-refractivity contribution in [3.05, 3.63) is 18.2 Å². The molecule has 0 aliphatic heterocycles. The Kier molecular flexibility index (Phi) is 8.95. The Morgan fingerprint density at radius 1 is 1.32 bits per heavy atom. The number of carboxylic acid groups (broad SMARTS) is 1. The molecule has 0 saturated heterocycles. The number of rotatable bonds is 11. The van der Waals surface area contributed by atoms with E-state index in [-0.39, 0.29) is 6.42 Å². The van der Waals surface area contributed by atoms with Crippen molar-refractivity contribution in [3.8, 4) is 0 Å². The molecule has 2 amide bonds. The molecule has 0 spiro atoms. The number of aliphatic hydroxyl groups is 1. The summed E-state index contributed by atoms with van der Waals surface area (Å²) >= 11 is 1.55. The molecule has 1 rings (SSSR count). The SMILES string of the molecule is CSCCC(N)C(=O)NC(Cc1cnc[nH]1)C(=O)NC(CO)C(=O)O. The number of amides is 2. The van der Waals surface area contributed by atoms with Crippen molar-refractivity contribution in [1.82, 2.24) is 20.6 Å². The fraction of sp³-hybridized carbons (Fsp3) is 0.571. The Morgan fingerprint density at radius 3 is 2.52 bits per heavy atom. The molecule has 0 aromatic carbocycles. The highest BCUT2D eigenvalue weighted by Gasteiger charge is 2.28. The third kappa shape index (κ3) is 7.11. The van der Waals surface area contributed by atoms with E-state index in [9.17, 15) is 14.4 Å². The lowest BCUT2D eigenvalue weighted by Gasteiger charge is -2.22. The minimum atomic E-state index is -1.46. The number of aromatic amines is 1. The first-order chi connectivity index (χ1) is 11.9. The number of aliphatic carboxylic acids is 1. The Bertz CT molecular complexity index is 568. The molecule has 1 heterocycles. The molecule has 140 valence electrons. The van der Waals surface area contributed by atoms with Crippen LogP contribution in [0.15, 0.2) is 12.5 Å². The number of nitrogens with two attached hydrogens (primary N) is 1. The summed E-state index contributed by atoms with van der Waals surface area (Å²) in [6.07, 6.45) is 5.31. The molecule has 11 heteroatoms. The number of carbonyl (C=O) groups is 3. The van der Waals surface area contributed by atoms with Gasteiger partial charge < -0.3 is 31.6 Å². The average Bonchev–Trinajstić information content (AvgIpc) is 3.09. The maximum Gasteiger partial charge on any atom is 0.328 e. The fourth-order valence-electron chi connectivity index (χ4n) is 1.94. The number of nitrogens with zero attached hydrogens (tertiary/aromatic N) is 1. The van der Waals surface area contributed by atoms with Crippen molar-refractivity contribution in [3.63, 3.8) is 0 Å². The number of thioether (sulfide) groups is 1. The maximum absolute atomic E-state index is 12.3. The largest absolute Gasteiger partial charge is 0.480 e. The van der Waals surface area contributed by atoms with Gasteiger partial charge in [-0.1, -0.05) is 0 Å². The highest BCUT2D eigenvalue weighted by molar-refractivity contribution is 7.98. The van der Waals surface area contributed by atoms with Gasteiger partial charge >= 0.3 is 5.97 Å². The molecule has 0 aliphatic rings. The van der Waals surface area contributed by atoms with Crippen LogP contribution in [-0.4, -0.2) is 74.7 Å². The molecule has 1 aromatic rings. The van der Waals surface area contributed by atoms with Crippen LogP contribution in [0.5, 0.6) is 0 Å². The van der Waals surface area contributed by atoms with Crippen LogP contribution in [0, 0.1) is 0 Å². The number of carboxylic acids is 1. The van der Waals surface area contributed by atoms with E-state index in [1.54, 1.807) is 11.8 Å². The van der Waals surface area contributed by atoms with Crippen LogP contribution in [0.2, 0.25) is 0 Å². The molecule has 3 unspecified atom stereocenters. The van der Waals surface area contributed by atoms with Gasteiger partial charge in [-0.05, 0) is 18.4 Å². The van der Waals surface area contributed by atoms with Crippen molar-refractivity contribution >= 4 is 29.5 Å². The van der Waals surface area contributed by atoms with Crippen molar-refractivity contribution in [2.45, 2.75) is 31.0 Å². The Balaban J connectivity index is 2.79. The van der Waals surface area contributed by atoms with Gasteiger partial charge in [-0.2, -0.15) is 11.8 Å². The first-order valence-corrected chi connectivity index (χ1v) is 8.94. The number of aromatic nitrogens is 2. The second-order valence-electron chi connectivity index (χ2n) is 5.31. The number of H-pyrrole nitrogens is 1. The van der Waals surface area contributed by atoms with E-state index in [2.05, 4.69) is 20.6 Å². The molecule has 7 N–H and O–H groups in total. The summed E-state index contributed by atoms with van der Waals surface area (Å²) in [5, 5.41) is 22.7. The molecule has 0 bridgehead atoms. The summed E-state index contributed by atoms with van der Waals surface area (Å²) < 4.78 is 0. The lowest BCUT2D eigenvalue weighted by molar-refractivity contribution is -0.143. The van der Waals surface area contributed by atoms with Crippen molar-refractivity contribution in [1.29, 1.82) is 0 Å². The molecule has 10 nitrogen and oxygen atoms in total. The van der Waals surface area contributed by atoms with Crippen molar-refractivity contribution < 1.29 is 24.6 Å². The standard InChI is InChI=1S/C14H23N5O5S/c1-25-3-2-9(15)12(21)18-10(4-8-5-16-7-17-8)13(22)19-11(6-20)14(23)24/h5,7,9-11,20H,2-4,6,15H2,1H3,(H,16,17)(H,18,21)(H,19,22)(H,23,24). The monoisotopic (exact) mass is 373 g/mol. The van der Waals surface area contributed by atoms with Crippen LogP contribution in [0.1, 0.15) is 12.1 Å². The van der Waals surface area contributed by atoms with Crippen LogP contribution < -0.4 is 16.4 Å². The van der Waals surface area contributed by atoms with Gasteiger partial charge in [-0.3, -0.25) is 9.59 Å². The van der Waals surface area contributed by atoms with Gasteiger partial charge in [-0.25, -0.2) is 9.78 Å². The number of hydrogen-bond acceptors (Lipinski definition) is 7. The van der Waals surface area contributed by atoms with E-state index in [1.165, 1.54) is 12.5 Å². The normalized spacial score (nSPS) is 14.4. The molecule has 25 heavy (non-hydrogen) atoms. The van der Waals surface area contributed by atoms with Crippen LogP contribution in [0.4, 0.5) is 0 Å². The van der Waals surface area contributed by atoms with Crippen LogP contribution >= 0.6 is 11.8 Å². The maximum atomic E-state index is 12.3. The molecule has 0 saturated carbocycles. The first kappa shape index (κ1) is 20.9. The summed E-state index contributed by atoms with van der Waals surface area (Å²) in [4.78, 5) is 42.1. The van der Waals surface area contributed by atoms with E-state index >= 15 is 0 Å². The summed E-state index contributed by atoms with van der Waals surface area (Å²) in [6, 6.07) is -3.29. The molecule has 0 radical (unpaired) electrons. The van der Waals surface area contributed by atoms with Gasteiger partial charge in [0.15, 0.2) is 0 Å². The summed E-state index contributed by atoms with van der Waals surface area (Å²) in [5.74, 6) is -1.93. The number of imidazole rings is 1. The minimum absolute atomic E-state index is 0.0740. The van der Waals surface area contributed by atoms with Gasteiger partial charge in [0.05, 0.1) is 19.0 Å². The first-order valence-electron chi connectivity index (χ1n) is 7.55. The number of hydrogen-bond donors (Lipinski definition) is 6. The number of nitrogens with one attached hydrogen (secondary N) is 3. The molecule has 0 aliphatic carbocycles. The van der Waals surface area contributed by atoms with Crippen LogP contribution in [0.3, 0.4) is 0 Å². The quantitative estimate of drug-likeness (QED) is 0.261.